The quantitative estimate of drug-likeness (QED) is 0.741. The molecule has 0 radical (unpaired) electrons. The van der Waals surface area contributed by atoms with Gasteiger partial charge in [-0.2, -0.15) is 0 Å². The van der Waals surface area contributed by atoms with Crippen LogP contribution in [0, 0.1) is 0 Å². The molecule has 2 N–H and O–H groups in total. The third-order valence-corrected chi connectivity index (χ3v) is 3.45. The number of hydrogen-bond donors (Lipinski definition) is 2. The zero-order valence-electron chi connectivity index (χ0n) is 11.8. The Morgan fingerprint density at radius 3 is 2.89 bits per heavy atom. The summed E-state index contributed by atoms with van der Waals surface area (Å²) in [6.07, 6.45) is 8.82. The third-order valence-electron chi connectivity index (χ3n) is 3.45. The Hall–Kier alpha value is -1.29. The molecule has 0 aromatic carbocycles. The van der Waals surface area contributed by atoms with Crippen molar-refractivity contribution < 1.29 is 4.74 Å². The number of pyridine rings is 1. The summed E-state index contributed by atoms with van der Waals surface area (Å²) in [5.41, 5.74) is 1.10. The van der Waals surface area contributed by atoms with Crippen LogP contribution in [-0.4, -0.2) is 30.8 Å². The molecule has 1 aromatic heterocycles. The Balaban J connectivity index is 1.65. The lowest BCUT2D eigenvalue weighted by atomic mass is 9.98. The van der Waals surface area contributed by atoms with Crippen molar-refractivity contribution in [1.29, 1.82) is 0 Å². The first-order valence-corrected chi connectivity index (χ1v) is 7.44. The highest BCUT2D eigenvalue weighted by Gasteiger charge is 2.12. The molecular formula is C15H25N3O. The average molecular weight is 263 g/mol. The van der Waals surface area contributed by atoms with Gasteiger partial charge in [0, 0.05) is 31.0 Å². The molecular weight excluding hydrogens is 238 g/mol. The molecule has 4 heteroatoms. The summed E-state index contributed by atoms with van der Waals surface area (Å²) >= 11 is 0. The van der Waals surface area contributed by atoms with E-state index in [0.717, 1.165) is 31.2 Å². The van der Waals surface area contributed by atoms with E-state index in [4.69, 9.17) is 4.74 Å². The van der Waals surface area contributed by atoms with Crippen molar-refractivity contribution in [1.82, 2.24) is 4.98 Å². The Labute approximate surface area is 116 Å². The van der Waals surface area contributed by atoms with E-state index in [1.165, 1.54) is 32.1 Å². The van der Waals surface area contributed by atoms with E-state index in [-0.39, 0.29) is 0 Å². The maximum Gasteiger partial charge on any atom is 0.127 e. The van der Waals surface area contributed by atoms with Crippen molar-refractivity contribution in [2.24, 2.45) is 0 Å². The van der Waals surface area contributed by atoms with Crippen LogP contribution in [0.1, 0.15) is 39.0 Å². The van der Waals surface area contributed by atoms with Gasteiger partial charge < -0.3 is 15.4 Å². The van der Waals surface area contributed by atoms with Crippen molar-refractivity contribution in [2.45, 2.75) is 45.1 Å². The molecule has 0 bridgehead atoms. The summed E-state index contributed by atoms with van der Waals surface area (Å²) in [6.45, 7) is 4.59. The van der Waals surface area contributed by atoms with Crippen molar-refractivity contribution in [3.63, 3.8) is 0 Å². The minimum absolute atomic E-state index is 0.491. The van der Waals surface area contributed by atoms with E-state index in [1.54, 1.807) is 0 Å². The molecule has 1 fully saturated rings. The van der Waals surface area contributed by atoms with Gasteiger partial charge in [0.05, 0.1) is 12.7 Å². The molecule has 0 saturated heterocycles. The number of anilines is 2. The molecule has 0 unspecified atom stereocenters. The summed E-state index contributed by atoms with van der Waals surface area (Å²) in [6, 6.07) is 4.02. The molecule has 2 rings (SSSR count). The first-order valence-electron chi connectivity index (χ1n) is 7.44. The van der Waals surface area contributed by atoms with Crippen LogP contribution in [0.5, 0.6) is 0 Å². The van der Waals surface area contributed by atoms with Crippen LogP contribution in [0.3, 0.4) is 0 Å². The molecule has 1 aromatic rings. The lowest BCUT2D eigenvalue weighted by molar-refractivity contribution is 0.0347. The second kappa shape index (κ2) is 8.00. The van der Waals surface area contributed by atoms with Gasteiger partial charge in [-0.05, 0) is 25.8 Å². The highest BCUT2D eigenvalue weighted by atomic mass is 16.5. The SMILES string of the molecule is CCNc1cc(NCCOC2CCCCC2)ccn1. The predicted molar refractivity (Wildman–Crippen MR) is 79.7 cm³/mol. The number of ether oxygens (including phenoxy) is 1. The molecule has 1 heterocycles. The summed E-state index contributed by atoms with van der Waals surface area (Å²) in [7, 11) is 0. The Bertz CT molecular complexity index is 364. The second-order valence-electron chi connectivity index (χ2n) is 5.02. The molecule has 0 aliphatic heterocycles. The van der Waals surface area contributed by atoms with Gasteiger partial charge in [-0.15, -0.1) is 0 Å². The molecule has 1 aliphatic carbocycles. The van der Waals surface area contributed by atoms with Crippen molar-refractivity contribution in [2.75, 3.05) is 30.3 Å². The maximum atomic E-state index is 5.89. The summed E-state index contributed by atoms with van der Waals surface area (Å²) in [5.74, 6) is 0.917. The molecule has 19 heavy (non-hydrogen) atoms. The van der Waals surface area contributed by atoms with E-state index in [2.05, 4.69) is 22.5 Å². The van der Waals surface area contributed by atoms with Gasteiger partial charge in [-0.25, -0.2) is 4.98 Å². The molecule has 4 nitrogen and oxygen atoms in total. The van der Waals surface area contributed by atoms with Crippen LogP contribution in [0.2, 0.25) is 0 Å². The number of nitrogens with zero attached hydrogens (tertiary/aromatic N) is 1. The van der Waals surface area contributed by atoms with Crippen LogP contribution in [0.15, 0.2) is 18.3 Å². The van der Waals surface area contributed by atoms with Crippen LogP contribution < -0.4 is 10.6 Å². The summed E-state index contributed by atoms with van der Waals surface area (Å²) in [5, 5.41) is 6.59. The van der Waals surface area contributed by atoms with Crippen molar-refractivity contribution in [3.05, 3.63) is 18.3 Å². The van der Waals surface area contributed by atoms with Crippen LogP contribution in [0.4, 0.5) is 11.5 Å². The fourth-order valence-corrected chi connectivity index (χ4v) is 2.47. The maximum absolute atomic E-state index is 5.89. The Morgan fingerprint density at radius 1 is 1.26 bits per heavy atom. The number of hydrogen-bond acceptors (Lipinski definition) is 4. The van der Waals surface area contributed by atoms with E-state index in [9.17, 15) is 0 Å². The van der Waals surface area contributed by atoms with E-state index in [1.807, 2.05) is 18.3 Å². The monoisotopic (exact) mass is 263 g/mol. The number of nitrogens with one attached hydrogen (secondary N) is 2. The lowest BCUT2D eigenvalue weighted by Crippen LogP contribution is -2.20. The minimum Gasteiger partial charge on any atom is -0.383 e. The normalized spacial score (nSPS) is 16.3. The summed E-state index contributed by atoms with van der Waals surface area (Å²) in [4.78, 5) is 4.25. The van der Waals surface area contributed by atoms with Gasteiger partial charge in [-0.3, -0.25) is 0 Å². The van der Waals surface area contributed by atoms with Gasteiger partial charge in [-0.1, -0.05) is 19.3 Å². The fraction of sp³-hybridized carbons (Fsp3) is 0.667. The summed E-state index contributed by atoms with van der Waals surface area (Å²) < 4.78 is 5.89. The van der Waals surface area contributed by atoms with E-state index < -0.39 is 0 Å². The van der Waals surface area contributed by atoms with E-state index in [0.29, 0.717) is 6.10 Å². The Kier molecular flexibility index (Phi) is 5.95. The zero-order valence-corrected chi connectivity index (χ0v) is 11.8. The predicted octanol–water partition coefficient (Wildman–Crippen LogP) is 3.27. The third kappa shape index (κ3) is 5.07. The first kappa shape index (κ1) is 14.1. The Morgan fingerprint density at radius 2 is 2.11 bits per heavy atom. The molecule has 106 valence electrons. The largest absolute Gasteiger partial charge is 0.383 e. The van der Waals surface area contributed by atoms with Crippen LogP contribution in [0.25, 0.3) is 0 Å². The smallest absolute Gasteiger partial charge is 0.127 e. The van der Waals surface area contributed by atoms with Gasteiger partial charge in [0.1, 0.15) is 5.82 Å². The minimum atomic E-state index is 0.491. The van der Waals surface area contributed by atoms with Gasteiger partial charge in [0.2, 0.25) is 0 Å². The number of aromatic nitrogens is 1. The first-order chi connectivity index (χ1) is 9.38. The second-order valence-corrected chi connectivity index (χ2v) is 5.02. The zero-order chi connectivity index (χ0) is 13.3. The number of rotatable bonds is 7. The topological polar surface area (TPSA) is 46.2 Å². The molecule has 0 spiro atoms. The van der Waals surface area contributed by atoms with Gasteiger partial charge >= 0.3 is 0 Å². The molecule has 1 saturated carbocycles. The fourth-order valence-electron chi connectivity index (χ4n) is 2.47. The average Bonchev–Trinajstić information content (AvgIpc) is 2.46. The van der Waals surface area contributed by atoms with Gasteiger partial charge in [0.25, 0.3) is 0 Å². The molecule has 0 atom stereocenters. The standard InChI is InChI=1S/C15H25N3O/c1-2-16-15-12-13(8-9-18-15)17-10-11-19-14-6-4-3-5-7-14/h8-9,12,14H,2-7,10-11H2,1H3,(H2,16,17,18). The molecule has 1 aliphatic rings. The van der Waals surface area contributed by atoms with Crippen molar-refractivity contribution >= 4 is 11.5 Å². The van der Waals surface area contributed by atoms with Gasteiger partial charge in [0.15, 0.2) is 0 Å². The van der Waals surface area contributed by atoms with Crippen LogP contribution in [-0.2, 0) is 4.74 Å². The van der Waals surface area contributed by atoms with Crippen molar-refractivity contribution in [3.8, 4) is 0 Å². The highest BCUT2D eigenvalue weighted by molar-refractivity contribution is 5.51. The molecule has 0 amide bonds. The highest BCUT2D eigenvalue weighted by Crippen LogP contribution is 2.20. The lowest BCUT2D eigenvalue weighted by Gasteiger charge is -2.22. The van der Waals surface area contributed by atoms with E-state index >= 15 is 0 Å². The van der Waals surface area contributed by atoms with Crippen LogP contribution >= 0.6 is 0 Å².